The van der Waals surface area contributed by atoms with Gasteiger partial charge in [0.15, 0.2) is 15.6 Å². The third kappa shape index (κ3) is 9.24. The van der Waals surface area contributed by atoms with Crippen molar-refractivity contribution in [2.75, 3.05) is 25.1 Å². The molecule has 0 bridgehead atoms. The van der Waals surface area contributed by atoms with E-state index in [1.165, 1.54) is 6.92 Å². The highest BCUT2D eigenvalue weighted by atomic mass is 32.5. The van der Waals surface area contributed by atoms with Crippen LogP contribution in [0.1, 0.15) is 78.7 Å². The number of Topliss-reactive ketones (excluding diaryl/α,β-unsaturated/α-hetero) is 1. The Kier molecular flexibility index (Phi) is 9.83. The van der Waals surface area contributed by atoms with Crippen molar-refractivity contribution in [2.24, 2.45) is 11.8 Å². The zero-order valence-electron chi connectivity index (χ0n) is 26.1. The number of hydrogen-bond acceptors (Lipinski definition) is 4. The highest BCUT2D eigenvalue weighted by molar-refractivity contribution is 8.49. The normalized spacial score (nSPS) is 22.2. The number of rotatable bonds is 11. The fraction of sp³-hybridized carbons (Fsp3) is 0.515. The lowest BCUT2D eigenvalue weighted by Gasteiger charge is -2.46. The molecule has 3 atom stereocenters. The lowest BCUT2D eigenvalue weighted by molar-refractivity contribution is 0.0849. The van der Waals surface area contributed by atoms with Gasteiger partial charge in [0.2, 0.25) is 0 Å². The van der Waals surface area contributed by atoms with Crippen LogP contribution in [0.3, 0.4) is 0 Å². The van der Waals surface area contributed by atoms with E-state index in [1.807, 2.05) is 25.3 Å². The van der Waals surface area contributed by atoms with E-state index in [0.29, 0.717) is 48.8 Å². The van der Waals surface area contributed by atoms with Gasteiger partial charge in [-0.1, -0.05) is 49.4 Å². The summed E-state index contributed by atoms with van der Waals surface area (Å²) in [6.45, 7) is 6.18. The van der Waals surface area contributed by atoms with Crippen LogP contribution in [0.4, 0.5) is 24.3 Å². The average Bonchev–Trinajstić information content (AvgIpc) is 3.11. The predicted octanol–water partition coefficient (Wildman–Crippen LogP) is 8.17. The zero-order chi connectivity index (χ0) is 33.3. The number of amides is 1. The number of aryl methyl sites for hydroxylation is 1. The van der Waals surface area contributed by atoms with Gasteiger partial charge in [-0.15, -0.1) is 15.5 Å². The molecule has 1 saturated carbocycles. The molecule has 1 fully saturated rings. The molecular weight excluding hydrogens is 634 g/mol. The number of hydrogen-bond donors (Lipinski definition) is 1. The number of carbonyl (C=O) groups excluding carboxylic acids is 2. The van der Waals surface area contributed by atoms with Crippen molar-refractivity contribution >= 4 is 45.6 Å². The third-order valence-electron chi connectivity index (χ3n) is 8.69. The van der Waals surface area contributed by atoms with Crippen LogP contribution in [0.5, 0.6) is 0 Å². The Morgan fingerprint density at radius 2 is 1.76 bits per heavy atom. The summed E-state index contributed by atoms with van der Waals surface area (Å²) in [5.74, 6) is -0.597. The van der Waals surface area contributed by atoms with Crippen LogP contribution in [0.25, 0.3) is 12.3 Å². The second kappa shape index (κ2) is 12.5. The van der Waals surface area contributed by atoms with Gasteiger partial charge in [-0.2, -0.15) is 8.78 Å². The molecule has 12 heteroatoms. The second-order valence-electron chi connectivity index (χ2n) is 12.6. The van der Waals surface area contributed by atoms with E-state index in [4.69, 9.17) is 0 Å². The number of thioether (sulfide) groups is 1. The van der Waals surface area contributed by atoms with Gasteiger partial charge in [0.1, 0.15) is 0 Å². The molecule has 1 heterocycles. The molecule has 4 nitrogen and oxygen atoms in total. The SMILES string of the molecule is CCC(F)(F)SCCNC(=O)c1cc2c(cc1C)=CCC(C)N(CC1CCCC(C(=O)c3ccc(S(C)(F)(F)(F)F)cc3)C1)C=2. The first kappa shape index (κ1) is 35.3. The van der Waals surface area contributed by atoms with Crippen molar-refractivity contribution in [1.82, 2.24) is 10.2 Å². The van der Waals surface area contributed by atoms with Gasteiger partial charge in [-0.05, 0) is 79.6 Å². The summed E-state index contributed by atoms with van der Waals surface area (Å²) in [7, 11) is -8.32. The Bertz CT molecular complexity index is 1550. The Balaban J connectivity index is 1.46. The van der Waals surface area contributed by atoms with Gasteiger partial charge >= 0.3 is 0 Å². The lowest BCUT2D eigenvalue weighted by Crippen LogP contribution is -2.37. The Hall–Kier alpha value is -2.60. The molecule has 4 rings (SSSR count). The molecule has 1 aliphatic carbocycles. The largest absolute Gasteiger partial charge is 0.374 e. The minimum atomic E-state index is -8.32. The van der Waals surface area contributed by atoms with Gasteiger partial charge in [-0.3, -0.25) is 9.59 Å². The highest BCUT2D eigenvalue weighted by Crippen LogP contribution is 2.98. The molecule has 3 unspecified atom stereocenters. The maximum Gasteiger partial charge on any atom is 0.293 e. The fourth-order valence-electron chi connectivity index (χ4n) is 6.00. The van der Waals surface area contributed by atoms with Gasteiger partial charge < -0.3 is 10.2 Å². The summed E-state index contributed by atoms with van der Waals surface area (Å²) in [5, 5.41) is 1.81. The molecule has 45 heavy (non-hydrogen) atoms. The summed E-state index contributed by atoms with van der Waals surface area (Å²) < 4.78 is 82.2. The van der Waals surface area contributed by atoms with Gasteiger partial charge in [0, 0.05) is 54.5 Å². The summed E-state index contributed by atoms with van der Waals surface area (Å²) in [4.78, 5) is 27.1. The first-order valence-electron chi connectivity index (χ1n) is 15.3. The number of carbonyl (C=O) groups is 2. The van der Waals surface area contributed by atoms with Crippen LogP contribution in [0.2, 0.25) is 0 Å². The van der Waals surface area contributed by atoms with Gasteiger partial charge in [0.25, 0.3) is 11.2 Å². The number of ketones is 1. The van der Waals surface area contributed by atoms with E-state index in [9.17, 15) is 33.9 Å². The minimum absolute atomic E-state index is 0.101. The van der Waals surface area contributed by atoms with Crippen LogP contribution >= 0.6 is 21.6 Å². The summed E-state index contributed by atoms with van der Waals surface area (Å²) in [6.07, 6.45) is 7.31. The topological polar surface area (TPSA) is 49.4 Å². The molecule has 1 amide bonds. The number of benzene rings is 2. The van der Waals surface area contributed by atoms with Crippen molar-refractivity contribution in [3.05, 3.63) is 63.5 Å². The van der Waals surface area contributed by atoms with Gasteiger partial charge in [-0.25, -0.2) is 0 Å². The second-order valence-corrected chi connectivity index (χ2v) is 17.3. The first-order chi connectivity index (χ1) is 20.8. The number of nitrogens with zero attached hydrogens (tertiary/aromatic N) is 1. The Morgan fingerprint density at radius 1 is 1.07 bits per heavy atom. The molecule has 0 saturated heterocycles. The van der Waals surface area contributed by atoms with E-state index in [0.717, 1.165) is 47.4 Å². The van der Waals surface area contributed by atoms with Crippen molar-refractivity contribution in [3.63, 3.8) is 0 Å². The van der Waals surface area contributed by atoms with Crippen LogP contribution < -0.4 is 15.8 Å². The summed E-state index contributed by atoms with van der Waals surface area (Å²) in [5.41, 5.74) is 1.43. The Morgan fingerprint density at radius 3 is 2.40 bits per heavy atom. The van der Waals surface area contributed by atoms with Crippen molar-refractivity contribution in [2.45, 2.75) is 75.5 Å². The molecule has 2 aromatic rings. The smallest absolute Gasteiger partial charge is 0.293 e. The molecule has 0 aromatic heterocycles. The monoisotopic (exact) mass is 676 g/mol. The van der Waals surface area contributed by atoms with Crippen LogP contribution in [0, 0.1) is 18.8 Å². The van der Waals surface area contributed by atoms with E-state index in [2.05, 4.69) is 23.2 Å². The van der Waals surface area contributed by atoms with Crippen LogP contribution in [-0.4, -0.2) is 53.0 Å². The minimum Gasteiger partial charge on any atom is -0.374 e. The number of halogens is 6. The van der Waals surface area contributed by atoms with Crippen LogP contribution in [0.15, 0.2) is 41.3 Å². The number of nitrogens with one attached hydrogen (secondary N) is 1. The molecule has 2 aliphatic rings. The summed E-state index contributed by atoms with van der Waals surface area (Å²) in [6, 6.07) is 7.43. The highest BCUT2D eigenvalue weighted by Gasteiger charge is 2.59. The summed E-state index contributed by atoms with van der Waals surface area (Å²) >= 11 is 0.524. The Labute approximate surface area is 265 Å². The quantitative estimate of drug-likeness (QED) is 0.148. The lowest BCUT2D eigenvalue weighted by atomic mass is 9.77. The maximum atomic E-state index is 13.8. The zero-order valence-corrected chi connectivity index (χ0v) is 27.7. The van der Waals surface area contributed by atoms with E-state index in [-0.39, 0.29) is 60.1 Å². The third-order valence-corrected chi connectivity index (χ3v) is 11.3. The average molecular weight is 677 g/mol. The van der Waals surface area contributed by atoms with E-state index in [1.54, 1.807) is 0 Å². The van der Waals surface area contributed by atoms with E-state index < -0.39 is 20.0 Å². The fourth-order valence-corrected chi connectivity index (χ4v) is 7.53. The molecule has 250 valence electrons. The number of alkyl halides is 2. The van der Waals surface area contributed by atoms with Gasteiger partial charge in [0.05, 0.1) is 11.2 Å². The van der Waals surface area contributed by atoms with Crippen molar-refractivity contribution < 1.29 is 33.9 Å². The predicted molar refractivity (Wildman–Crippen MR) is 173 cm³/mol. The van der Waals surface area contributed by atoms with Crippen LogP contribution in [-0.2, 0) is 0 Å². The molecule has 0 radical (unpaired) electrons. The van der Waals surface area contributed by atoms with E-state index >= 15 is 0 Å². The molecule has 1 aliphatic heterocycles. The standard InChI is InChI=1S/C33H42F6N2O2S2/c1-5-33(34,35)44-16-15-40-32(43)30-19-28-21-41(23(3)9-10-26(28)17-22(30)2)20-24-7-6-8-27(18-24)31(42)25-11-13-29(14-12-25)45(4,36,37,38)39/h10-14,17,19,21,23-24,27H,5-9,15-16,18,20H2,1-4H3,(H,40,43). The molecule has 1 N–H and O–H groups in total. The van der Waals surface area contributed by atoms with Crippen molar-refractivity contribution in [3.8, 4) is 0 Å². The molecular formula is C33H42F6N2O2S2. The van der Waals surface area contributed by atoms with Crippen molar-refractivity contribution in [1.29, 1.82) is 0 Å². The molecule has 0 spiro atoms. The number of fused-ring (bicyclic) bond motifs is 1. The molecule has 2 aromatic carbocycles. The first-order valence-corrected chi connectivity index (χ1v) is 18.7. The maximum absolute atomic E-state index is 13.8.